The molecule has 0 unspecified atom stereocenters. The molecule has 15 heavy (non-hydrogen) atoms. The fourth-order valence-corrected chi connectivity index (χ4v) is 0.435. The third-order valence-electron chi connectivity index (χ3n) is 1.10. The van der Waals surface area contributed by atoms with Gasteiger partial charge in [0.05, 0.1) is 0 Å². The van der Waals surface area contributed by atoms with Crippen LogP contribution in [0.3, 0.4) is 0 Å². The predicted octanol–water partition coefficient (Wildman–Crippen LogP) is -0.363. The Hall–Kier alpha value is -1.77. The van der Waals surface area contributed by atoms with E-state index in [0.717, 1.165) is 0 Å². The largest absolute Gasteiger partial charge is 0.490 e. The summed E-state index contributed by atoms with van der Waals surface area (Å²) in [4.78, 5) is 12.7. The van der Waals surface area contributed by atoms with Crippen LogP contribution in [0.1, 0.15) is 0 Å². The van der Waals surface area contributed by atoms with Gasteiger partial charge >= 0.3 is 12.1 Å². The van der Waals surface area contributed by atoms with Crippen molar-refractivity contribution in [1.29, 1.82) is 0 Å². The fraction of sp³-hybridized carbons (Fsp3) is 0.333. The fourth-order valence-electron chi connectivity index (χ4n) is 0.435. The van der Waals surface area contributed by atoms with Gasteiger partial charge in [-0.25, -0.2) is 15.6 Å². The van der Waals surface area contributed by atoms with Gasteiger partial charge in [-0.15, -0.1) is 0 Å². The van der Waals surface area contributed by atoms with Crippen LogP contribution in [0, 0.1) is 0 Å². The highest BCUT2D eigenvalue weighted by Gasteiger charge is 2.38. The van der Waals surface area contributed by atoms with Gasteiger partial charge in [0.2, 0.25) is 0 Å². The van der Waals surface area contributed by atoms with Crippen LogP contribution in [-0.2, 0) is 4.79 Å². The molecule has 1 rings (SSSR count). The van der Waals surface area contributed by atoms with E-state index < -0.39 is 12.1 Å². The summed E-state index contributed by atoms with van der Waals surface area (Å²) >= 11 is 0. The summed E-state index contributed by atoms with van der Waals surface area (Å²) < 4.78 is 31.7. The molecule has 0 atom stereocenters. The summed E-state index contributed by atoms with van der Waals surface area (Å²) in [5.74, 6) is 3.06. The van der Waals surface area contributed by atoms with Gasteiger partial charge in [0.25, 0.3) is 0 Å². The van der Waals surface area contributed by atoms with Gasteiger partial charge in [-0.1, -0.05) is 0 Å². The quantitative estimate of drug-likeness (QED) is 0.489. The molecular weight excluding hydrogens is 217 g/mol. The third kappa shape index (κ3) is 6.32. The number of hydrogen-bond donors (Lipinski definition) is 3. The lowest BCUT2D eigenvalue weighted by molar-refractivity contribution is -0.192. The number of alkyl halides is 3. The van der Waals surface area contributed by atoms with Crippen LogP contribution in [0.15, 0.2) is 17.3 Å². The molecule has 0 spiro atoms. The van der Waals surface area contributed by atoms with Gasteiger partial charge in [-0.2, -0.15) is 13.2 Å². The average molecular weight is 226 g/mol. The number of aliphatic carboxylic acids is 1. The standard InChI is InChI=1S/C4H8N4.C2HF3O2/c5-4-1-2-8(6)3-7-4;3-2(4,5)1(6)7/h1-2H,3,6H2,(H2,5,7);(H,6,7). The molecule has 6 nitrogen and oxygen atoms in total. The average Bonchev–Trinajstić information content (AvgIpc) is 2.09. The number of nitrogens with zero attached hydrogens (tertiary/aromatic N) is 2. The Labute approximate surface area is 82.6 Å². The minimum Gasteiger partial charge on any atom is -0.475 e. The van der Waals surface area contributed by atoms with Crippen molar-refractivity contribution in [1.82, 2.24) is 5.01 Å². The van der Waals surface area contributed by atoms with Gasteiger partial charge in [0.15, 0.2) is 0 Å². The molecular formula is C6H9F3N4O2. The molecule has 0 aromatic heterocycles. The van der Waals surface area contributed by atoms with Crippen molar-refractivity contribution in [3.8, 4) is 0 Å². The molecule has 0 saturated carbocycles. The Morgan fingerprint density at radius 3 is 2.27 bits per heavy atom. The van der Waals surface area contributed by atoms with Gasteiger partial charge < -0.3 is 10.8 Å². The van der Waals surface area contributed by atoms with E-state index in [2.05, 4.69) is 4.99 Å². The lowest BCUT2D eigenvalue weighted by Gasteiger charge is -2.13. The van der Waals surface area contributed by atoms with E-state index in [1.807, 2.05) is 0 Å². The molecule has 0 aromatic carbocycles. The smallest absolute Gasteiger partial charge is 0.475 e. The summed E-state index contributed by atoms with van der Waals surface area (Å²) in [6.45, 7) is 0.461. The highest BCUT2D eigenvalue weighted by atomic mass is 19.4. The molecule has 1 heterocycles. The zero-order valence-corrected chi connectivity index (χ0v) is 7.40. The second-order valence-corrected chi connectivity index (χ2v) is 2.36. The Balaban J connectivity index is 0.000000265. The molecule has 0 aliphatic carbocycles. The van der Waals surface area contributed by atoms with Gasteiger partial charge in [0, 0.05) is 6.20 Å². The molecule has 1 aliphatic rings. The number of halogens is 3. The number of amidine groups is 1. The number of nitrogens with two attached hydrogens (primary N) is 2. The number of hydrazine groups is 1. The molecule has 0 bridgehead atoms. The molecule has 0 saturated heterocycles. The van der Waals surface area contributed by atoms with E-state index in [9.17, 15) is 13.2 Å². The minimum atomic E-state index is -5.08. The molecule has 0 amide bonds. The molecule has 0 fully saturated rings. The summed E-state index contributed by atoms with van der Waals surface area (Å²) in [6.07, 6.45) is -1.74. The highest BCUT2D eigenvalue weighted by Crippen LogP contribution is 2.13. The maximum Gasteiger partial charge on any atom is 0.490 e. The van der Waals surface area contributed by atoms with Gasteiger partial charge in [0.1, 0.15) is 12.5 Å². The van der Waals surface area contributed by atoms with E-state index in [-0.39, 0.29) is 0 Å². The van der Waals surface area contributed by atoms with Crippen LogP contribution in [-0.4, -0.2) is 34.8 Å². The van der Waals surface area contributed by atoms with Crippen LogP contribution >= 0.6 is 0 Å². The molecule has 5 N–H and O–H groups in total. The van der Waals surface area contributed by atoms with Crippen LogP contribution in [0.2, 0.25) is 0 Å². The molecule has 1 aliphatic heterocycles. The van der Waals surface area contributed by atoms with Crippen LogP contribution < -0.4 is 11.6 Å². The number of carboxylic acids is 1. The molecule has 86 valence electrons. The van der Waals surface area contributed by atoms with E-state index in [4.69, 9.17) is 21.5 Å². The first kappa shape index (κ1) is 13.2. The lowest BCUT2D eigenvalue weighted by atomic mass is 10.5. The topological polar surface area (TPSA) is 105 Å². The van der Waals surface area contributed by atoms with Crippen molar-refractivity contribution in [2.45, 2.75) is 6.18 Å². The molecule has 9 heteroatoms. The van der Waals surface area contributed by atoms with E-state index >= 15 is 0 Å². The Kier molecular flexibility index (Phi) is 4.58. The number of hydrogen-bond acceptors (Lipinski definition) is 5. The maximum atomic E-state index is 10.6. The van der Waals surface area contributed by atoms with E-state index in [1.165, 1.54) is 5.01 Å². The number of rotatable bonds is 0. The van der Waals surface area contributed by atoms with Crippen molar-refractivity contribution >= 4 is 11.8 Å². The second-order valence-electron chi connectivity index (χ2n) is 2.36. The van der Waals surface area contributed by atoms with Crippen LogP contribution in [0.25, 0.3) is 0 Å². The van der Waals surface area contributed by atoms with E-state index in [0.29, 0.717) is 12.5 Å². The van der Waals surface area contributed by atoms with Crippen LogP contribution in [0.5, 0.6) is 0 Å². The lowest BCUT2D eigenvalue weighted by Crippen LogP contribution is -2.30. The molecule has 0 aromatic rings. The number of carbonyl (C=O) groups is 1. The van der Waals surface area contributed by atoms with Crippen molar-refractivity contribution in [3.63, 3.8) is 0 Å². The van der Waals surface area contributed by atoms with Gasteiger partial charge in [-0.05, 0) is 6.08 Å². The predicted molar refractivity (Wildman–Crippen MR) is 45.3 cm³/mol. The van der Waals surface area contributed by atoms with Crippen molar-refractivity contribution < 1.29 is 23.1 Å². The highest BCUT2D eigenvalue weighted by molar-refractivity contribution is 5.91. The monoisotopic (exact) mass is 226 g/mol. The number of carboxylic acid groups (broad SMARTS) is 1. The summed E-state index contributed by atoms with van der Waals surface area (Å²) in [5.41, 5.74) is 5.28. The first-order valence-electron chi connectivity index (χ1n) is 3.53. The van der Waals surface area contributed by atoms with Crippen molar-refractivity contribution in [3.05, 3.63) is 12.3 Å². The first-order valence-corrected chi connectivity index (χ1v) is 3.53. The second kappa shape index (κ2) is 5.20. The molecule has 0 radical (unpaired) electrons. The Morgan fingerprint density at radius 2 is 2.07 bits per heavy atom. The Morgan fingerprint density at radius 1 is 1.60 bits per heavy atom. The summed E-state index contributed by atoms with van der Waals surface area (Å²) in [6, 6.07) is 0. The van der Waals surface area contributed by atoms with Crippen LogP contribution in [0.4, 0.5) is 13.2 Å². The van der Waals surface area contributed by atoms with Crippen molar-refractivity contribution in [2.75, 3.05) is 6.67 Å². The Bertz CT molecular complexity index is 287. The minimum absolute atomic E-state index is 0.461. The van der Waals surface area contributed by atoms with Crippen molar-refractivity contribution in [2.24, 2.45) is 16.6 Å². The zero-order valence-electron chi connectivity index (χ0n) is 7.40. The SMILES string of the molecule is NC1=NCN(N)C=C1.O=C(O)C(F)(F)F. The summed E-state index contributed by atoms with van der Waals surface area (Å²) in [7, 11) is 0. The number of aliphatic imine (C=N–C) groups is 1. The maximum absolute atomic E-state index is 10.6. The van der Waals surface area contributed by atoms with E-state index in [1.54, 1.807) is 12.3 Å². The third-order valence-corrected chi connectivity index (χ3v) is 1.10. The van der Waals surface area contributed by atoms with Gasteiger partial charge in [-0.3, -0.25) is 5.01 Å². The zero-order chi connectivity index (χ0) is 12.1. The normalized spacial score (nSPS) is 15.2. The first-order chi connectivity index (χ1) is 6.73. The summed E-state index contributed by atoms with van der Waals surface area (Å²) in [5, 5.41) is 8.58.